The molecule has 2 aliphatic rings. The second-order valence-electron chi connectivity index (χ2n) is 9.38. The third-order valence-electron chi connectivity index (χ3n) is 6.90. The summed E-state index contributed by atoms with van der Waals surface area (Å²) in [5, 5.41) is 21.0. The smallest absolute Gasteiger partial charge is 0.384 e. The van der Waals surface area contributed by atoms with Gasteiger partial charge in [0.15, 0.2) is 5.60 Å². The molecule has 2 fully saturated rings. The van der Waals surface area contributed by atoms with Gasteiger partial charge in [-0.25, -0.2) is 0 Å². The van der Waals surface area contributed by atoms with Gasteiger partial charge < -0.3 is 20.8 Å². The molecule has 0 spiro atoms. The number of aliphatic hydroxyl groups is 2. The zero-order valence-electron chi connectivity index (χ0n) is 18.6. The summed E-state index contributed by atoms with van der Waals surface area (Å²) in [5.74, 6) is -0.801. The summed E-state index contributed by atoms with van der Waals surface area (Å²) in [5.41, 5.74) is 1.16. The standard InChI is InChI=1S/C24H27F3N2O4S/c1-22(32,24(25,26)27)15-4-2-14(3-5-15)21(31)29(16-6-7-16)17-10-12-23(33,13-11-17)19-9-8-18(34-19)20(28)30/h2-5,8-9,16-17,32-33H,6-7,10-13H2,1H3,(H2,28,30)/t17?,22-,23?/m0/s1. The molecule has 0 aliphatic heterocycles. The number of rotatable bonds is 6. The Morgan fingerprint density at radius 3 is 2.06 bits per heavy atom. The SMILES string of the molecule is C[C@](O)(c1ccc(C(=O)N(C2CC2)C2CCC(O)(c3ccc(C(N)=O)s3)CC2)cc1)C(F)(F)F. The fourth-order valence-corrected chi connectivity index (χ4v) is 5.56. The minimum absolute atomic E-state index is 0.0739. The number of primary amides is 1. The lowest BCUT2D eigenvalue weighted by molar-refractivity contribution is -0.258. The molecule has 2 aliphatic carbocycles. The van der Waals surface area contributed by atoms with E-state index >= 15 is 0 Å². The van der Waals surface area contributed by atoms with Crippen LogP contribution in [0.3, 0.4) is 0 Å². The zero-order chi connectivity index (χ0) is 24.9. The summed E-state index contributed by atoms with van der Waals surface area (Å²) in [6.07, 6.45) is -1.16. The van der Waals surface area contributed by atoms with Crippen LogP contribution in [0.1, 0.15) is 75.9 Å². The zero-order valence-corrected chi connectivity index (χ0v) is 19.5. The average molecular weight is 497 g/mol. The molecule has 0 bridgehead atoms. The number of nitrogens with two attached hydrogens (primary N) is 1. The van der Waals surface area contributed by atoms with E-state index < -0.39 is 23.3 Å². The van der Waals surface area contributed by atoms with Gasteiger partial charge >= 0.3 is 6.18 Å². The summed E-state index contributed by atoms with van der Waals surface area (Å²) in [4.78, 5) is 27.6. The number of alkyl halides is 3. The third-order valence-corrected chi connectivity index (χ3v) is 8.20. The minimum atomic E-state index is -4.84. The first-order valence-corrected chi connectivity index (χ1v) is 12.0. The Bertz CT molecular complexity index is 1070. The molecule has 4 N–H and O–H groups in total. The number of amides is 2. The fourth-order valence-electron chi connectivity index (χ4n) is 4.56. The number of hydrogen-bond acceptors (Lipinski definition) is 5. The molecule has 184 valence electrons. The molecule has 0 unspecified atom stereocenters. The highest BCUT2D eigenvalue weighted by Crippen LogP contribution is 2.44. The highest BCUT2D eigenvalue weighted by molar-refractivity contribution is 7.14. The molecular weight excluding hydrogens is 469 g/mol. The number of carbonyl (C=O) groups is 2. The molecule has 10 heteroatoms. The summed E-state index contributed by atoms with van der Waals surface area (Å²) >= 11 is 1.18. The lowest BCUT2D eigenvalue weighted by atomic mass is 9.80. The lowest BCUT2D eigenvalue weighted by Crippen LogP contribution is -2.46. The molecule has 4 rings (SSSR count). The largest absolute Gasteiger partial charge is 0.421 e. The molecule has 34 heavy (non-hydrogen) atoms. The monoisotopic (exact) mass is 496 g/mol. The normalized spacial score (nSPS) is 24.9. The summed E-state index contributed by atoms with van der Waals surface area (Å²) in [7, 11) is 0. The Morgan fingerprint density at radius 1 is 1.03 bits per heavy atom. The summed E-state index contributed by atoms with van der Waals surface area (Å²) in [6, 6.07) is 8.21. The van der Waals surface area contributed by atoms with Gasteiger partial charge in [-0.3, -0.25) is 9.59 Å². The van der Waals surface area contributed by atoms with Gasteiger partial charge in [0.25, 0.3) is 11.8 Å². The fraction of sp³-hybridized carbons (Fsp3) is 0.500. The van der Waals surface area contributed by atoms with Gasteiger partial charge in [0, 0.05) is 22.5 Å². The summed E-state index contributed by atoms with van der Waals surface area (Å²) in [6.45, 7) is 0.684. The molecule has 2 saturated carbocycles. The van der Waals surface area contributed by atoms with Gasteiger partial charge in [-0.1, -0.05) is 12.1 Å². The van der Waals surface area contributed by atoms with Crippen LogP contribution in [-0.4, -0.2) is 45.2 Å². The Morgan fingerprint density at radius 2 is 1.59 bits per heavy atom. The highest BCUT2D eigenvalue weighted by atomic mass is 32.1. The average Bonchev–Trinajstić information content (AvgIpc) is 3.47. The van der Waals surface area contributed by atoms with Crippen LogP contribution in [0.2, 0.25) is 0 Å². The first-order valence-electron chi connectivity index (χ1n) is 11.2. The van der Waals surface area contributed by atoms with Crippen molar-refractivity contribution in [2.45, 2.75) is 74.9 Å². The van der Waals surface area contributed by atoms with Gasteiger partial charge in [0.2, 0.25) is 0 Å². The van der Waals surface area contributed by atoms with Crippen molar-refractivity contribution >= 4 is 23.2 Å². The van der Waals surface area contributed by atoms with Crippen molar-refractivity contribution in [3.63, 3.8) is 0 Å². The lowest BCUT2D eigenvalue weighted by Gasteiger charge is -2.41. The highest BCUT2D eigenvalue weighted by Gasteiger charge is 2.51. The Kier molecular flexibility index (Phi) is 6.28. The van der Waals surface area contributed by atoms with Crippen molar-refractivity contribution in [2.75, 3.05) is 0 Å². The van der Waals surface area contributed by atoms with Crippen molar-refractivity contribution in [2.24, 2.45) is 5.73 Å². The van der Waals surface area contributed by atoms with E-state index in [0.29, 0.717) is 42.4 Å². The van der Waals surface area contributed by atoms with Crippen LogP contribution in [0.25, 0.3) is 0 Å². The van der Waals surface area contributed by atoms with Crippen LogP contribution in [0.5, 0.6) is 0 Å². The second kappa shape index (κ2) is 8.66. The quantitative estimate of drug-likeness (QED) is 0.561. The molecule has 1 aromatic carbocycles. The summed E-state index contributed by atoms with van der Waals surface area (Å²) < 4.78 is 39.4. The van der Waals surface area contributed by atoms with Crippen molar-refractivity contribution in [3.05, 3.63) is 57.3 Å². The maximum Gasteiger partial charge on any atom is 0.421 e. The molecular formula is C24H27F3N2O4S. The number of carbonyl (C=O) groups excluding carboxylic acids is 2. The molecule has 1 atom stereocenters. The number of benzene rings is 1. The maximum atomic E-state index is 13.3. The Labute approximate surface area is 199 Å². The van der Waals surface area contributed by atoms with Crippen LogP contribution < -0.4 is 5.73 Å². The van der Waals surface area contributed by atoms with E-state index in [1.54, 1.807) is 17.0 Å². The first-order chi connectivity index (χ1) is 15.8. The van der Waals surface area contributed by atoms with Crippen LogP contribution in [0.4, 0.5) is 13.2 Å². The molecule has 2 aromatic rings. The van der Waals surface area contributed by atoms with E-state index in [9.17, 15) is 33.0 Å². The van der Waals surface area contributed by atoms with E-state index in [-0.39, 0.29) is 29.1 Å². The number of nitrogens with zero attached hydrogens (tertiary/aromatic N) is 1. The van der Waals surface area contributed by atoms with Gasteiger partial charge in [0.05, 0.1) is 10.5 Å². The van der Waals surface area contributed by atoms with E-state index in [4.69, 9.17) is 5.73 Å². The van der Waals surface area contributed by atoms with Gasteiger partial charge in [-0.15, -0.1) is 11.3 Å². The van der Waals surface area contributed by atoms with Crippen molar-refractivity contribution in [3.8, 4) is 0 Å². The molecule has 0 radical (unpaired) electrons. The minimum Gasteiger partial charge on any atom is -0.384 e. The van der Waals surface area contributed by atoms with Crippen LogP contribution in [-0.2, 0) is 11.2 Å². The van der Waals surface area contributed by atoms with Crippen molar-refractivity contribution in [1.29, 1.82) is 0 Å². The molecule has 6 nitrogen and oxygen atoms in total. The van der Waals surface area contributed by atoms with E-state index in [1.807, 2.05) is 0 Å². The number of hydrogen-bond donors (Lipinski definition) is 3. The van der Waals surface area contributed by atoms with Crippen molar-refractivity contribution < 1.29 is 33.0 Å². The molecule has 2 amide bonds. The van der Waals surface area contributed by atoms with E-state index in [2.05, 4.69) is 0 Å². The predicted octanol–water partition coefficient (Wildman–Crippen LogP) is 4.05. The topological polar surface area (TPSA) is 104 Å². The predicted molar refractivity (Wildman–Crippen MR) is 120 cm³/mol. The molecule has 1 aromatic heterocycles. The Balaban J connectivity index is 1.48. The number of thiophene rings is 1. The van der Waals surface area contributed by atoms with Gasteiger partial charge in [-0.2, -0.15) is 13.2 Å². The van der Waals surface area contributed by atoms with Crippen LogP contribution in [0.15, 0.2) is 36.4 Å². The second-order valence-corrected chi connectivity index (χ2v) is 10.5. The van der Waals surface area contributed by atoms with E-state index in [1.165, 1.54) is 23.5 Å². The Hall–Kier alpha value is -2.43. The van der Waals surface area contributed by atoms with Crippen LogP contribution >= 0.6 is 11.3 Å². The third kappa shape index (κ3) is 4.58. The number of halogens is 3. The van der Waals surface area contributed by atoms with Gasteiger partial charge in [-0.05, 0) is 75.3 Å². The van der Waals surface area contributed by atoms with Crippen molar-refractivity contribution in [1.82, 2.24) is 4.90 Å². The van der Waals surface area contributed by atoms with E-state index in [0.717, 1.165) is 25.0 Å². The molecule has 0 saturated heterocycles. The molecule has 1 heterocycles. The first kappa shape index (κ1) is 24.7. The maximum absolute atomic E-state index is 13.3. The van der Waals surface area contributed by atoms with Gasteiger partial charge in [0.1, 0.15) is 0 Å². The van der Waals surface area contributed by atoms with Crippen LogP contribution in [0, 0.1) is 0 Å².